The number of aryl methyl sites for hydroxylation is 1. The minimum atomic E-state index is -0.375. The molecule has 1 N–H and O–H groups in total. The number of nitriles is 1. The first-order chi connectivity index (χ1) is 17.6. The fourth-order valence-electron chi connectivity index (χ4n) is 4.11. The fourth-order valence-corrected chi connectivity index (χ4v) is 5.34. The van der Waals surface area contributed by atoms with Crippen LogP contribution in [0.1, 0.15) is 40.5 Å². The lowest BCUT2D eigenvalue weighted by Gasteiger charge is -2.26. The van der Waals surface area contributed by atoms with Gasteiger partial charge in [0.05, 0.1) is 25.3 Å². The summed E-state index contributed by atoms with van der Waals surface area (Å²) in [5.41, 5.74) is 3.42. The van der Waals surface area contributed by atoms with Crippen LogP contribution in [0.3, 0.4) is 0 Å². The number of pyridine rings is 1. The number of carbonyl (C=O) groups excluding carboxylic acids is 2. The van der Waals surface area contributed by atoms with E-state index in [0.717, 1.165) is 27.3 Å². The molecule has 0 radical (unpaired) electrons. The number of nitrogens with one attached hydrogen (secondary N) is 1. The molecule has 3 aromatic rings. The van der Waals surface area contributed by atoms with Crippen molar-refractivity contribution in [3.63, 3.8) is 0 Å². The van der Waals surface area contributed by atoms with Gasteiger partial charge in [0, 0.05) is 36.7 Å². The van der Waals surface area contributed by atoms with Gasteiger partial charge in [-0.25, -0.2) is 4.79 Å². The Labute approximate surface area is 214 Å². The molecule has 9 heteroatoms. The number of anilines is 1. The third-order valence-electron chi connectivity index (χ3n) is 5.94. The lowest BCUT2D eigenvalue weighted by Crippen LogP contribution is -2.36. The molecule has 186 valence electrons. The summed E-state index contributed by atoms with van der Waals surface area (Å²) in [6, 6.07) is 13.7. The molecule has 0 aliphatic carbocycles. The summed E-state index contributed by atoms with van der Waals surface area (Å²) in [5, 5.41) is 13.2. The molecule has 1 aliphatic rings. The molecule has 36 heavy (non-hydrogen) atoms. The van der Waals surface area contributed by atoms with Gasteiger partial charge in [0.2, 0.25) is 5.91 Å². The van der Waals surface area contributed by atoms with E-state index < -0.39 is 0 Å². The molecule has 8 nitrogen and oxygen atoms in total. The Bertz CT molecular complexity index is 1250. The smallest absolute Gasteiger partial charge is 0.410 e. The van der Waals surface area contributed by atoms with E-state index in [9.17, 15) is 14.9 Å². The summed E-state index contributed by atoms with van der Waals surface area (Å²) in [6.45, 7) is 3.60. The quantitative estimate of drug-likeness (QED) is 0.452. The Morgan fingerprint density at radius 3 is 2.78 bits per heavy atom. The zero-order chi connectivity index (χ0) is 25.3. The number of rotatable bonds is 9. The van der Waals surface area contributed by atoms with Crippen LogP contribution in [0.5, 0.6) is 5.75 Å². The number of para-hydroxylation sites is 1. The van der Waals surface area contributed by atoms with Crippen LogP contribution < -0.4 is 10.1 Å². The largest absolute Gasteiger partial charge is 0.494 e. The Hall–Kier alpha value is -3.90. The third kappa shape index (κ3) is 6.20. The molecule has 0 saturated carbocycles. The minimum Gasteiger partial charge on any atom is -0.494 e. The van der Waals surface area contributed by atoms with E-state index in [-0.39, 0.29) is 25.0 Å². The standard InChI is InChI=1S/C27H28N4O4S/c1-2-34-23-6-4-3-5-20(23)7-8-25(32)30-26-22(17-28)21-11-15-31(18-24(21)36-26)27(33)35-16-12-19-9-13-29-14-10-19/h3-6,9-10,13-14H,2,7-8,11-12,15-16,18H2,1H3,(H,30,32). The predicted octanol–water partition coefficient (Wildman–Crippen LogP) is 4.72. The first-order valence-corrected chi connectivity index (χ1v) is 12.8. The normalized spacial score (nSPS) is 12.4. The van der Waals surface area contributed by atoms with Gasteiger partial charge in [-0.2, -0.15) is 5.26 Å². The van der Waals surface area contributed by atoms with Crippen molar-refractivity contribution in [2.24, 2.45) is 0 Å². The number of hydrogen-bond acceptors (Lipinski definition) is 7. The molecule has 1 aliphatic heterocycles. The van der Waals surface area contributed by atoms with Crippen molar-refractivity contribution in [3.05, 3.63) is 75.9 Å². The lowest BCUT2D eigenvalue weighted by atomic mass is 10.0. The van der Waals surface area contributed by atoms with Gasteiger partial charge < -0.3 is 19.7 Å². The zero-order valence-electron chi connectivity index (χ0n) is 20.2. The van der Waals surface area contributed by atoms with E-state index in [1.807, 2.05) is 43.3 Å². The second-order valence-corrected chi connectivity index (χ2v) is 9.41. The lowest BCUT2D eigenvalue weighted by molar-refractivity contribution is -0.116. The monoisotopic (exact) mass is 504 g/mol. The Morgan fingerprint density at radius 2 is 2.00 bits per heavy atom. The number of benzene rings is 1. The third-order valence-corrected chi connectivity index (χ3v) is 7.07. The van der Waals surface area contributed by atoms with Crippen LogP contribution in [-0.4, -0.2) is 41.6 Å². The van der Waals surface area contributed by atoms with E-state index in [2.05, 4.69) is 16.4 Å². The first-order valence-electron chi connectivity index (χ1n) is 11.9. The molecular weight excluding hydrogens is 476 g/mol. The summed E-state index contributed by atoms with van der Waals surface area (Å²) in [4.78, 5) is 31.8. The van der Waals surface area contributed by atoms with E-state index in [0.29, 0.717) is 49.5 Å². The number of carbonyl (C=O) groups is 2. The summed E-state index contributed by atoms with van der Waals surface area (Å²) in [7, 11) is 0. The van der Waals surface area contributed by atoms with Crippen molar-refractivity contribution in [2.45, 2.75) is 39.2 Å². The van der Waals surface area contributed by atoms with E-state index >= 15 is 0 Å². The highest BCUT2D eigenvalue weighted by Gasteiger charge is 2.28. The molecule has 4 rings (SSSR count). The maximum Gasteiger partial charge on any atom is 0.410 e. The summed E-state index contributed by atoms with van der Waals surface area (Å²) in [5.74, 6) is 0.619. The van der Waals surface area contributed by atoms with Crippen LogP contribution in [-0.2, 0) is 35.3 Å². The van der Waals surface area contributed by atoms with E-state index in [1.54, 1.807) is 17.3 Å². The second kappa shape index (κ2) is 12.2. The van der Waals surface area contributed by atoms with Crippen molar-refractivity contribution < 1.29 is 19.1 Å². The maximum atomic E-state index is 12.7. The molecule has 0 saturated heterocycles. The van der Waals surface area contributed by atoms with Crippen molar-refractivity contribution >= 4 is 28.3 Å². The first kappa shape index (κ1) is 25.2. The van der Waals surface area contributed by atoms with Crippen LogP contribution >= 0.6 is 11.3 Å². The van der Waals surface area contributed by atoms with Crippen molar-refractivity contribution in [2.75, 3.05) is 25.1 Å². The molecule has 0 unspecified atom stereocenters. The highest BCUT2D eigenvalue weighted by molar-refractivity contribution is 7.16. The van der Waals surface area contributed by atoms with Gasteiger partial charge in [0.15, 0.2) is 0 Å². The van der Waals surface area contributed by atoms with E-state index in [4.69, 9.17) is 9.47 Å². The summed E-state index contributed by atoms with van der Waals surface area (Å²) < 4.78 is 11.1. The van der Waals surface area contributed by atoms with Gasteiger partial charge in [-0.1, -0.05) is 18.2 Å². The highest BCUT2D eigenvalue weighted by Crippen LogP contribution is 2.37. The number of ether oxygens (including phenoxy) is 2. The Morgan fingerprint density at radius 1 is 1.19 bits per heavy atom. The molecule has 0 atom stereocenters. The van der Waals surface area contributed by atoms with E-state index in [1.165, 1.54) is 11.3 Å². The number of fused-ring (bicyclic) bond motifs is 1. The number of thiophene rings is 1. The number of aromatic nitrogens is 1. The summed E-state index contributed by atoms with van der Waals surface area (Å²) >= 11 is 1.35. The predicted molar refractivity (Wildman–Crippen MR) is 137 cm³/mol. The van der Waals surface area contributed by atoms with Crippen molar-refractivity contribution in [3.8, 4) is 11.8 Å². The number of hydrogen-bond donors (Lipinski definition) is 1. The Balaban J connectivity index is 1.34. The van der Waals surface area contributed by atoms with Crippen LogP contribution in [0.25, 0.3) is 0 Å². The van der Waals surface area contributed by atoms with Crippen molar-refractivity contribution in [1.29, 1.82) is 5.26 Å². The van der Waals surface area contributed by atoms with Crippen LogP contribution in [0.4, 0.5) is 9.80 Å². The molecule has 0 spiro atoms. The van der Waals surface area contributed by atoms with Crippen molar-refractivity contribution in [1.82, 2.24) is 9.88 Å². The zero-order valence-corrected chi connectivity index (χ0v) is 21.0. The van der Waals surface area contributed by atoms with Crippen LogP contribution in [0.15, 0.2) is 48.8 Å². The molecule has 0 fully saturated rings. The van der Waals surface area contributed by atoms with Gasteiger partial charge in [-0.3, -0.25) is 9.78 Å². The average Bonchev–Trinajstić information content (AvgIpc) is 3.24. The molecule has 1 aromatic carbocycles. The molecule has 2 aromatic heterocycles. The molecular formula is C27H28N4O4S. The molecule has 2 amide bonds. The second-order valence-electron chi connectivity index (χ2n) is 8.30. The summed E-state index contributed by atoms with van der Waals surface area (Å²) in [6.07, 6.45) is 5.02. The minimum absolute atomic E-state index is 0.163. The molecule has 3 heterocycles. The topological polar surface area (TPSA) is 105 Å². The van der Waals surface area contributed by atoms with Crippen LogP contribution in [0, 0.1) is 11.3 Å². The maximum absolute atomic E-state index is 12.7. The van der Waals surface area contributed by atoms with Gasteiger partial charge >= 0.3 is 6.09 Å². The van der Waals surface area contributed by atoms with Crippen LogP contribution in [0.2, 0.25) is 0 Å². The average molecular weight is 505 g/mol. The van der Waals surface area contributed by atoms with Gasteiger partial charge in [0.25, 0.3) is 0 Å². The highest BCUT2D eigenvalue weighted by atomic mass is 32.1. The fraction of sp³-hybridized carbons (Fsp3) is 0.333. The van der Waals surface area contributed by atoms with Gasteiger partial charge in [0.1, 0.15) is 16.8 Å². The van der Waals surface area contributed by atoms with Gasteiger partial charge in [-0.15, -0.1) is 11.3 Å². The number of amides is 2. The SMILES string of the molecule is CCOc1ccccc1CCC(=O)Nc1sc2c(c1C#N)CCN(C(=O)OCCc1ccncc1)C2. The Kier molecular flexibility index (Phi) is 8.53. The number of nitrogens with zero attached hydrogens (tertiary/aromatic N) is 3. The molecule has 0 bridgehead atoms. The van der Waals surface area contributed by atoms with Gasteiger partial charge in [-0.05, 0) is 54.7 Å².